The number of aliphatic hydroxyl groups is 3. The van der Waals surface area contributed by atoms with Gasteiger partial charge in [-0.25, -0.2) is 0 Å². The van der Waals surface area contributed by atoms with Crippen LogP contribution < -0.4 is 0 Å². The molecule has 0 bridgehead atoms. The minimum atomic E-state index is -1.09. The van der Waals surface area contributed by atoms with Crippen molar-refractivity contribution >= 4 is 0 Å². The van der Waals surface area contributed by atoms with Gasteiger partial charge in [0.2, 0.25) is 0 Å². The minimum absolute atomic E-state index is 0.897. The monoisotopic (exact) mass is 146 g/mol. The maximum absolute atomic E-state index is 8.99. The molecule has 0 radical (unpaired) electrons. The Morgan fingerprint density at radius 1 is 1.20 bits per heavy atom. The molecule has 3 N–H and O–H groups in total. The van der Waals surface area contributed by atoms with Gasteiger partial charge >= 0.3 is 0 Å². The fraction of sp³-hybridized carbons (Fsp3) is 0.714. The van der Waals surface area contributed by atoms with E-state index >= 15 is 0 Å². The first-order valence-corrected chi connectivity index (χ1v) is 3.26. The van der Waals surface area contributed by atoms with E-state index in [9.17, 15) is 0 Å². The molecule has 0 aromatic heterocycles. The zero-order valence-electron chi connectivity index (χ0n) is 6.23. The third kappa shape index (κ3) is 2.96. The van der Waals surface area contributed by atoms with Gasteiger partial charge in [0.1, 0.15) is 12.2 Å². The van der Waals surface area contributed by atoms with Crippen LogP contribution in [0.1, 0.15) is 13.8 Å². The molecular formula is C7H14O3. The van der Waals surface area contributed by atoms with E-state index in [2.05, 4.69) is 0 Å². The zero-order chi connectivity index (χ0) is 8.15. The summed E-state index contributed by atoms with van der Waals surface area (Å²) >= 11 is 0. The Labute approximate surface area is 60.6 Å². The first-order valence-electron chi connectivity index (χ1n) is 3.26. The van der Waals surface area contributed by atoms with Crippen molar-refractivity contribution in [3.05, 3.63) is 12.2 Å². The Morgan fingerprint density at radius 3 is 2.00 bits per heavy atom. The van der Waals surface area contributed by atoms with Crippen molar-refractivity contribution in [3.63, 3.8) is 0 Å². The Hall–Kier alpha value is -0.380. The molecule has 10 heavy (non-hydrogen) atoms. The summed E-state index contributed by atoms with van der Waals surface area (Å²) in [5, 5.41) is 26.7. The Balaban J connectivity index is 3.81. The van der Waals surface area contributed by atoms with Crippen molar-refractivity contribution in [2.24, 2.45) is 0 Å². The summed E-state index contributed by atoms with van der Waals surface area (Å²) in [6, 6.07) is 0. The van der Waals surface area contributed by atoms with Crippen LogP contribution in [0.3, 0.4) is 0 Å². The van der Waals surface area contributed by atoms with Gasteiger partial charge in [-0.15, -0.1) is 0 Å². The van der Waals surface area contributed by atoms with Crippen LogP contribution in [0.5, 0.6) is 0 Å². The number of hydrogen-bond donors (Lipinski definition) is 3. The van der Waals surface area contributed by atoms with Crippen LogP contribution >= 0.6 is 0 Å². The molecular weight excluding hydrogens is 132 g/mol. The van der Waals surface area contributed by atoms with Gasteiger partial charge in [0.15, 0.2) is 0 Å². The highest BCUT2D eigenvalue weighted by Gasteiger charge is 2.17. The summed E-state index contributed by atoms with van der Waals surface area (Å²) in [6.45, 7) is 3.16. The molecule has 3 heteroatoms. The van der Waals surface area contributed by atoms with Crippen LogP contribution in [0.15, 0.2) is 12.2 Å². The molecule has 0 spiro atoms. The summed E-state index contributed by atoms with van der Waals surface area (Å²) in [6.07, 6.45) is 0.0978. The molecule has 0 aliphatic carbocycles. The number of allylic oxidation sites excluding steroid dienone is 1. The van der Waals surface area contributed by atoms with E-state index in [4.69, 9.17) is 15.3 Å². The topological polar surface area (TPSA) is 60.7 Å². The molecule has 0 amide bonds. The summed E-state index contributed by atoms with van der Waals surface area (Å²) in [5.41, 5.74) is 0. The second kappa shape index (κ2) is 4.44. The fourth-order valence-corrected chi connectivity index (χ4v) is 0.596. The largest absolute Gasteiger partial charge is 0.391 e. The smallest absolute Gasteiger partial charge is 0.109 e. The quantitative estimate of drug-likeness (QED) is 0.477. The second-order valence-corrected chi connectivity index (χ2v) is 2.25. The third-order valence-electron chi connectivity index (χ3n) is 1.23. The zero-order valence-corrected chi connectivity index (χ0v) is 6.23. The van der Waals surface area contributed by atoms with Crippen LogP contribution in [0.4, 0.5) is 0 Å². The van der Waals surface area contributed by atoms with Gasteiger partial charge in [-0.1, -0.05) is 12.2 Å². The normalized spacial score (nSPS) is 20.9. The Bertz CT molecular complexity index is 109. The van der Waals surface area contributed by atoms with Crippen molar-refractivity contribution < 1.29 is 15.3 Å². The average molecular weight is 146 g/mol. The van der Waals surface area contributed by atoms with Gasteiger partial charge in [0.05, 0.1) is 6.10 Å². The molecule has 0 aliphatic heterocycles. The van der Waals surface area contributed by atoms with Crippen LogP contribution in [0.2, 0.25) is 0 Å². The highest BCUT2D eigenvalue weighted by Crippen LogP contribution is 2.00. The van der Waals surface area contributed by atoms with Crippen molar-refractivity contribution in [1.82, 2.24) is 0 Å². The van der Waals surface area contributed by atoms with Gasteiger partial charge in [0, 0.05) is 0 Å². The summed E-state index contributed by atoms with van der Waals surface area (Å²) in [4.78, 5) is 0. The third-order valence-corrected chi connectivity index (χ3v) is 1.23. The predicted octanol–water partition coefficient (Wildman–Crippen LogP) is -0.335. The summed E-state index contributed by atoms with van der Waals surface area (Å²) in [5.74, 6) is 0. The molecule has 0 saturated carbocycles. The van der Waals surface area contributed by atoms with Crippen LogP contribution in [0.25, 0.3) is 0 Å². The first-order chi connectivity index (χ1) is 4.59. The lowest BCUT2D eigenvalue weighted by Gasteiger charge is -2.16. The van der Waals surface area contributed by atoms with Crippen LogP contribution in [-0.4, -0.2) is 33.6 Å². The molecule has 3 unspecified atom stereocenters. The molecule has 60 valence electrons. The Morgan fingerprint density at radius 2 is 1.70 bits per heavy atom. The lowest BCUT2D eigenvalue weighted by molar-refractivity contribution is -0.0328. The summed E-state index contributed by atoms with van der Waals surface area (Å²) in [7, 11) is 0. The SMILES string of the molecule is C/C=C\C(O)C(O)C(C)O. The predicted molar refractivity (Wildman–Crippen MR) is 38.5 cm³/mol. The van der Waals surface area contributed by atoms with Crippen molar-refractivity contribution in [3.8, 4) is 0 Å². The lowest BCUT2D eigenvalue weighted by atomic mass is 10.1. The Kier molecular flexibility index (Phi) is 4.27. The maximum Gasteiger partial charge on any atom is 0.109 e. The lowest BCUT2D eigenvalue weighted by Crippen LogP contribution is -2.33. The molecule has 0 saturated heterocycles. The van der Waals surface area contributed by atoms with Crippen molar-refractivity contribution in [2.75, 3.05) is 0 Å². The molecule has 0 heterocycles. The van der Waals surface area contributed by atoms with Crippen LogP contribution in [-0.2, 0) is 0 Å². The fourth-order valence-electron chi connectivity index (χ4n) is 0.596. The highest BCUT2D eigenvalue weighted by molar-refractivity contribution is 4.91. The molecule has 0 fully saturated rings. The maximum atomic E-state index is 8.99. The average Bonchev–Trinajstić information content (AvgIpc) is 1.87. The summed E-state index contributed by atoms with van der Waals surface area (Å²) < 4.78 is 0. The standard InChI is InChI=1S/C7H14O3/c1-3-4-6(9)7(10)5(2)8/h3-10H,1-2H3/b4-3-. The minimum Gasteiger partial charge on any atom is -0.391 e. The second-order valence-electron chi connectivity index (χ2n) is 2.25. The van der Waals surface area contributed by atoms with E-state index in [1.165, 1.54) is 13.0 Å². The van der Waals surface area contributed by atoms with Gasteiger partial charge in [-0.3, -0.25) is 0 Å². The molecule has 0 aliphatic rings. The molecule has 3 atom stereocenters. The van der Waals surface area contributed by atoms with E-state index in [-0.39, 0.29) is 0 Å². The van der Waals surface area contributed by atoms with Crippen molar-refractivity contribution in [1.29, 1.82) is 0 Å². The van der Waals surface area contributed by atoms with Gasteiger partial charge in [0.25, 0.3) is 0 Å². The van der Waals surface area contributed by atoms with Gasteiger partial charge in [-0.05, 0) is 13.8 Å². The number of hydrogen-bond acceptors (Lipinski definition) is 3. The van der Waals surface area contributed by atoms with Crippen molar-refractivity contribution in [2.45, 2.75) is 32.2 Å². The number of aliphatic hydroxyl groups excluding tert-OH is 3. The van der Waals surface area contributed by atoms with E-state index in [1.54, 1.807) is 13.0 Å². The highest BCUT2D eigenvalue weighted by atomic mass is 16.4. The first kappa shape index (κ1) is 9.62. The van der Waals surface area contributed by atoms with E-state index in [0.717, 1.165) is 0 Å². The van der Waals surface area contributed by atoms with E-state index < -0.39 is 18.3 Å². The molecule has 3 nitrogen and oxygen atoms in total. The molecule has 0 rings (SSSR count). The van der Waals surface area contributed by atoms with E-state index in [0.29, 0.717) is 0 Å². The molecule has 0 aromatic carbocycles. The van der Waals surface area contributed by atoms with Gasteiger partial charge in [-0.2, -0.15) is 0 Å². The van der Waals surface area contributed by atoms with Crippen LogP contribution in [0, 0.1) is 0 Å². The van der Waals surface area contributed by atoms with E-state index in [1.807, 2.05) is 0 Å². The van der Waals surface area contributed by atoms with Gasteiger partial charge < -0.3 is 15.3 Å². The molecule has 0 aromatic rings. The number of rotatable bonds is 3.